The zero-order valence-electron chi connectivity index (χ0n) is 13.9. The number of benzene rings is 1. The van der Waals surface area contributed by atoms with E-state index >= 15 is 0 Å². The quantitative estimate of drug-likeness (QED) is 0.885. The van der Waals surface area contributed by atoms with Crippen LogP contribution in [0.5, 0.6) is 0 Å². The SMILES string of the molecule is CCc1ccc2[nH]c(=O)n3c2c1CN(CC=C(C)C)[C@H](C)C3. The van der Waals surface area contributed by atoms with Gasteiger partial charge in [0.15, 0.2) is 0 Å². The largest absolute Gasteiger partial charge is 0.326 e. The molecule has 1 aliphatic heterocycles. The maximum atomic E-state index is 12.3. The summed E-state index contributed by atoms with van der Waals surface area (Å²) in [5.74, 6) is 0. The topological polar surface area (TPSA) is 41.0 Å². The lowest BCUT2D eigenvalue weighted by molar-refractivity contribution is 0.209. The van der Waals surface area contributed by atoms with Crippen molar-refractivity contribution in [2.75, 3.05) is 6.54 Å². The van der Waals surface area contributed by atoms with Crippen molar-refractivity contribution in [2.45, 2.75) is 53.2 Å². The molecule has 2 heterocycles. The fourth-order valence-corrected chi connectivity index (χ4v) is 3.34. The van der Waals surface area contributed by atoms with Crippen molar-refractivity contribution >= 4 is 11.0 Å². The number of nitrogens with one attached hydrogen (secondary N) is 1. The second kappa shape index (κ2) is 5.76. The third-order valence-corrected chi connectivity index (χ3v) is 4.68. The molecule has 3 rings (SSSR count). The number of rotatable bonds is 3. The monoisotopic (exact) mass is 299 g/mol. The van der Waals surface area contributed by atoms with Gasteiger partial charge in [0.1, 0.15) is 0 Å². The highest BCUT2D eigenvalue weighted by Gasteiger charge is 2.24. The van der Waals surface area contributed by atoms with Gasteiger partial charge in [0.05, 0.1) is 11.0 Å². The van der Waals surface area contributed by atoms with E-state index in [0.29, 0.717) is 6.04 Å². The Balaban J connectivity index is 2.13. The van der Waals surface area contributed by atoms with Gasteiger partial charge in [0, 0.05) is 25.7 Å². The molecule has 22 heavy (non-hydrogen) atoms. The number of imidazole rings is 1. The number of aryl methyl sites for hydroxylation is 1. The van der Waals surface area contributed by atoms with Crippen LogP contribution in [0.1, 0.15) is 38.8 Å². The summed E-state index contributed by atoms with van der Waals surface area (Å²) < 4.78 is 1.93. The van der Waals surface area contributed by atoms with Crippen molar-refractivity contribution in [1.29, 1.82) is 0 Å². The maximum Gasteiger partial charge on any atom is 0.326 e. The third-order valence-electron chi connectivity index (χ3n) is 4.68. The highest BCUT2D eigenvalue weighted by atomic mass is 16.1. The Hall–Kier alpha value is -1.81. The van der Waals surface area contributed by atoms with Gasteiger partial charge in [0.2, 0.25) is 0 Å². The summed E-state index contributed by atoms with van der Waals surface area (Å²) in [4.78, 5) is 17.8. The predicted molar refractivity (Wildman–Crippen MR) is 91.2 cm³/mol. The molecule has 118 valence electrons. The lowest BCUT2D eigenvalue weighted by Gasteiger charge is -2.26. The second-order valence-corrected chi connectivity index (χ2v) is 6.55. The molecule has 1 atom stereocenters. The molecule has 1 N–H and O–H groups in total. The minimum Gasteiger partial charge on any atom is -0.306 e. The van der Waals surface area contributed by atoms with Crippen LogP contribution in [0.15, 0.2) is 28.6 Å². The van der Waals surface area contributed by atoms with Gasteiger partial charge in [0.25, 0.3) is 0 Å². The molecule has 0 saturated heterocycles. The molecule has 1 aromatic heterocycles. The molecular formula is C18H25N3O. The van der Waals surface area contributed by atoms with Crippen molar-refractivity contribution in [3.63, 3.8) is 0 Å². The van der Waals surface area contributed by atoms with Gasteiger partial charge in [-0.05, 0) is 44.4 Å². The summed E-state index contributed by atoms with van der Waals surface area (Å²) in [5.41, 5.74) is 6.08. The molecule has 1 aliphatic rings. The van der Waals surface area contributed by atoms with E-state index in [2.05, 4.69) is 49.7 Å². The van der Waals surface area contributed by atoms with Gasteiger partial charge in [-0.2, -0.15) is 0 Å². The fraction of sp³-hybridized carbons (Fsp3) is 0.500. The first kappa shape index (κ1) is 15.1. The molecule has 2 aromatic rings. The molecule has 0 aliphatic carbocycles. The fourth-order valence-electron chi connectivity index (χ4n) is 3.34. The zero-order valence-corrected chi connectivity index (χ0v) is 13.9. The molecule has 4 heteroatoms. The van der Waals surface area contributed by atoms with Gasteiger partial charge in [-0.25, -0.2) is 4.79 Å². The van der Waals surface area contributed by atoms with Crippen molar-refractivity contribution in [3.05, 3.63) is 45.4 Å². The minimum atomic E-state index is 0.0143. The molecular weight excluding hydrogens is 274 g/mol. The Morgan fingerprint density at radius 1 is 1.41 bits per heavy atom. The van der Waals surface area contributed by atoms with Crippen molar-refractivity contribution < 1.29 is 0 Å². The molecule has 4 nitrogen and oxygen atoms in total. The van der Waals surface area contributed by atoms with Crippen molar-refractivity contribution in [3.8, 4) is 0 Å². The third kappa shape index (κ3) is 2.52. The van der Waals surface area contributed by atoms with Gasteiger partial charge < -0.3 is 4.98 Å². The number of nitrogens with zero attached hydrogens (tertiary/aromatic N) is 2. The second-order valence-electron chi connectivity index (χ2n) is 6.55. The first-order valence-corrected chi connectivity index (χ1v) is 8.12. The molecule has 0 radical (unpaired) electrons. The van der Waals surface area contributed by atoms with Gasteiger partial charge in [-0.3, -0.25) is 9.47 Å². The van der Waals surface area contributed by atoms with Crippen LogP contribution >= 0.6 is 0 Å². The number of hydrogen-bond acceptors (Lipinski definition) is 2. The van der Waals surface area contributed by atoms with E-state index in [1.165, 1.54) is 16.7 Å². The van der Waals surface area contributed by atoms with Crippen LogP contribution in [-0.2, 0) is 19.5 Å². The first-order valence-electron chi connectivity index (χ1n) is 8.12. The summed E-state index contributed by atoms with van der Waals surface area (Å²) >= 11 is 0. The van der Waals surface area contributed by atoms with Gasteiger partial charge in [-0.15, -0.1) is 0 Å². The van der Waals surface area contributed by atoms with Crippen LogP contribution in [0.25, 0.3) is 11.0 Å². The summed E-state index contributed by atoms with van der Waals surface area (Å²) in [6.45, 7) is 11.2. The minimum absolute atomic E-state index is 0.0143. The van der Waals surface area contributed by atoms with E-state index in [1.54, 1.807) is 0 Å². The maximum absolute atomic E-state index is 12.3. The van der Waals surface area contributed by atoms with Gasteiger partial charge >= 0.3 is 5.69 Å². The number of allylic oxidation sites excluding steroid dienone is 1. The molecule has 0 fully saturated rings. The zero-order chi connectivity index (χ0) is 15.9. The highest BCUT2D eigenvalue weighted by molar-refractivity contribution is 5.80. The lowest BCUT2D eigenvalue weighted by Crippen LogP contribution is -2.36. The average Bonchev–Trinajstić information content (AvgIpc) is 2.70. The highest BCUT2D eigenvalue weighted by Crippen LogP contribution is 2.27. The molecule has 0 amide bonds. The Bertz CT molecular complexity index is 777. The Kier molecular flexibility index (Phi) is 3.96. The Morgan fingerprint density at radius 3 is 2.86 bits per heavy atom. The standard InChI is InChI=1S/C18H25N3O/c1-5-14-6-7-16-17-15(14)11-20(9-8-12(2)3)13(4)10-21(17)18(22)19-16/h6-8,13H,5,9-11H2,1-4H3,(H,19,22)/t13-/m1/s1. The van der Waals surface area contributed by atoms with Crippen LogP contribution in [0.2, 0.25) is 0 Å². The summed E-state index contributed by atoms with van der Waals surface area (Å²) in [6.07, 6.45) is 3.27. The lowest BCUT2D eigenvalue weighted by atomic mass is 10.0. The smallest absolute Gasteiger partial charge is 0.306 e. The molecule has 0 saturated carbocycles. The number of H-pyrrole nitrogens is 1. The van der Waals surface area contributed by atoms with E-state index in [0.717, 1.165) is 37.1 Å². The van der Waals surface area contributed by atoms with Gasteiger partial charge in [-0.1, -0.05) is 24.6 Å². The Morgan fingerprint density at radius 2 is 2.18 bits per heavy atom. The van der Waals surface area contributed by atoms with E-state index in [9.17, 15) is 4.79 Å². The Labute approximate surface area is 131 Å². The molecule has 0 unspecified atom stereocenters. The van der Waals surface area contributed by atoms with Crippen LogP contribution in [0.4, 0.5) is 0 Å². The van der Waals surface area contributed by atoms with Crippen molar-refractivity contribution in [2.24, 2.45) is 0 Å². The molecule has 0 spiro atoms. The number of aromatic amines is 1. The van der Waals surface area contributed by atoms with Crippen LogP contribution in [-0.4, -0.2) is 27.0 Å². The number of aromatic nitrogens is 2. The van der Waals surface area contributed by atoms with Crippen LogP contribution < -0.4 is 5.69 Å². The van der Waals surface area contributed by atoms with E-state index in [1.807, 2.05) is 10.6 Å². The van der Waals surface area contributed by atoms with E-state index in [4.69, 9.17) is 0 Å². The summed E-state index contributed by atoms with van der Waals surface area (Å²) in [7, 11) is 0. The first-order chi connectivity index (χ1) is 10.5. The average molecular weight is 299 g/mol. The van der Waals surface area contributed by atoms with Crippen LogP contribution in [0, 0.1) is 0 Å². The summed E-state index contributed by atoms with van der Waals surface area (Å²) in [5, 5.41) is 0. The van der Waals surface area contributed by atoms with E-state index < -0.39 is 0 Å². The summed E-state index contributed by atoms with van der Waals surface area (Å²) in [6, 6.07) is 4.54. The van der Waals surface area contributed by atoms with Crippen molar-refractivity contribution in [1.82, 2.24) is 14.5 Å². The van der Waals surface area contributed by atoms with E-state index in [-0.39, 0.29) is 5.69 Å². The normalized spacial score (nSPS) is 18.5. The van der Waals surface area contributed by atoms with Crippen LogP contribution in [0.3, 0.4) is 0 Å². The number of hydrogen-bond donors (Lipinski definition) is 1. The molecule has 0 bridgehead atoms. The molecule has 1 aromatic carbocycles. The predicted octanol–water partition coefficient (Wildman–Crippen LogP) is 3.06.